The van der Waals surface area contributed by atoms with Crippen LogP contribution in [0.2, 0.25) is 0 Å². The summed E-state index contributed by atoms with van der Waals surface area (Å²) < 4.78 is 2.98. The van der Waals surface area contributed by atoms with Gasteiger partial charge in [0.05, 0.1) is 0 Å². The van der Waals surface area contributed by atoms with Gasteiger partial charge in [-0.2, -0.15) is 0 Å². The van der Waals surface area contributed by atoms with Gasteiger partial charge in [-0.25, -0.2) is 0 Å². The number of aromatic amines is 1. The predicted molar refractivity (Wildman–Crippen MR) is 81.5 cm³/mol. The normalized spacial score (nSPS) is 10.9. The molecule has 0 bridgehead atoms. The third-order valence-electron chi connectivity index (χ3n) is 3.47. The highest BCUT2D eigenvalue weighted by atomic mass is 32.1. The molecule has 0 amide bonds. The van der Waals surface area contributed by atoms with E-state index < -0.39 is 0 Å². The van der Waals surface area contributed by atoms with Crippen LogP contribution in [-0.4, -0.2) is 9.55 Å². The van der Waals surface area contributed by atoms with Gasteiger partial charge in [0.1, 0.15) is 0 Å². The molecular formula is C15H28N2S. The van der Waals surface area contributed by atoms with E-state index in [0.717, 1.165) is 11.3 Å². The van der Waals surface area contributed by atoms with E-state index in [1.807, 2.05) is 12.4 Å². The molecule has 0 aliphatic carbocycles. The molecule has 0 aromatic carbocycles. The maximum absolute atomic E-state index is 5.16. The first-order valence-corrected chi connectivity index (χ1v) is 7.99. The quantitative estimate of drug-likeness (QED) is 0.417. The summed E-state index contributed by atoms with van der Waals surface area (Å²) >= 11 is 5.16. The molecule has 1 rings (SSSR count). The van der Waals surface area contributed by atoms with Crippen LogP contribution < -0.4 is 0 Å². The highest BCUT2D eigenvalue weighted by Crippen LogP contribution is 2.10. The number of unbranched alkanes of at least 4 members (excludes halogenated alkanes) is 9. The number of imidazole rings is 1. The lowest BCUT2D eigenvalue weighted by Gasteiger charge is -2.03. The average Bonchev–Trinajstić information content (AvgIpc) is 2.77. The first-order valence-electron chi connectivity index (χ1n) is 7.58. The lowest BCUT2D eigenvalue weighted by Crippen LogP contribution is -1.96. The Morgan fingerprint density at radius 2 is 1.50 bits per heavy atom. The number of hydrogen-bond donors (Lipinski definition) is 1. The maximum Gasteiger partial charge on any atom is 0.177 e. The van der Waals surface area contributed by atoms with Crippen LogP contribution in [0.4, 0.5) is 0 Å². The van der Waals surface area contributed by atoms with Crippen molar-refractivity contribution < 1.29 is 0 Å². The molecular weight excluding hydrogens is 240 g/mol. The lowest BCUT2D eigenvalue weighted by molar-refractivity contribution is 0.533. The number of H-pyrrole nitrogens is 1. The molecule has 0 aliphatic rings. The van der Waals surface area contributed by atoms with E-state index >= 15 is 0 Å². The summed E-state index contributed by atoms with van der Waals surface area (Å²) in [7, 11) is 0. The fraction of sp³-hybridized carbons (Fsp3) is 0.800. The smallest absolute Gasteiger partial charge is 0.177 e. The van der Waals surface area contributed by atoms with Gasteiger partial charge in [-0.15, -0.1) is 0 Å². The second-order valence-electron chi connectivity index (χ2n) is 5.14. The van der Waals surface area contributed by atoms with Gasteiger partial charge in [-0.3, -0.25) is 0 Å². The summed E-state index contributed by atoms with van der Waals surface area (Å²) in [5.74, 6) is 0. The summed E-state index contributed by atoms with van der Waals surface area (Å²) in [6.45, 7) is 3.34. The number of nitrogens with zero attached hydrogens (tertiary/aromatic N) is 1. The van der Waals surface area contributed by atoms with Crippen molar-refractivity contribution in [2.45, 2.75) is 77.7 Å². The van der Waals surface area contributed by atoms with Crippen LogP contribution in [0.15, 0.2) is 12.4 Å². The Kier molecular flexibility index (Phi) is 8.92. The number of hydrogen-bond acceptors (Lipinski definition) is 1. The summed E-state index contributed by atoms with van der Waals surface area (Å²) in [5.41, 5.74) is 0. The van der Waals surface area contributed by atoms with Gasteiger partial charge in [0.15, 0.2) is 4.77 Å². The molecule has 0 saturated carbocycles. The molecule has 1 N–H and O–H groups in total. The molecule has 104 valence electrons. The zero-order chi connectivity index (χ0) is 13.1. The molecule has 18 heavy (non-hydrogen) atoms. The van der Waals surface area contributed by atoms with Gasteiger partial charge in [-0.05, 0) is 18.6 Å². The second-order valence-corrected chi connectivity index (χ2v) is 5.53. The zero-order valence-corrected chi connectivity index (χ0v) is 12.6. The minimum absolute atomic E-state index is 0.853. The number of nitrogens with one attached hydrogen (secondary N) is 1. The Bertz CT molecular complexity index is 340. The summed E-state index contributed by atoms with van der Waals surface area (Å²) in [6.07, 6.45) is 17.8. The van der Waals surface area contributed by atoms with Crippen LogP contribution >= 0.6 is 12.2 Å². The molecule has 0 atom stereocenters. The van der Waals surface area contributed by atoms with Crippen LogP contribution in [0.1, 0.15) is 71.1 Å². The Morgan fingerprint density at radius 1 is 0.944 bits per heavy atom. The van der Waals surface area contributed by atoms with E-state index in [9.17, 15) is 0 Å². The van der Waals surface area contributed by atoms with Crippen LogP contribution in [0.3, 0.4) is 0 Å². The molecule has 2 nitrogen and oxygen atoms in total. The van der Waals surface area contributed by atoms with Crippen molar-refractivity contribution >= 4 is 12.2 Å². The Balaban J connectivity index is 1.84. The molecule has 0 saturated heterocycles. The third-order valence-corrected chi connectivity index (χ3v) is 3.83. The molecule has 3 heteroatoms. The lowest BCUT2D eigenvalue weighted by atomic mass is 10.1. The van der Waals surface area contributed by atoms with Crippen LogP contribution in [0.5, 0.6) is 0 Å². The number of rotatable bonds is 11. The van der Waals surface area contributed by atoms with Crippen molar-refractivity contribution in [1.29, 1.82) is 0 Å². The summed E-state index contributed by atoms with van der Waals surface area (Å²) in [6, 6.07) is 0. The summed E-state index contributed by atoms with van der Waals surface area (Å²) in [5, 5.41) is 0. The van der Waals surface area contributed by atoms with Gasteiger partial charge in [0.25, 0.3) is 0 Å². The topological polar surface area (TPSA) is 20.7 Å². The monoisotopic (exact) mass is 268 g/mol. The van der Waals surface area contributed by atoms with Crippen molar-refractivity contribution in [1.82, 2.24) is 9.55 Å². The molecule has 0 fully saturated rings. The highest BCUT2D eigenvalue weighted by molar-refractivity contribution is 7.71. The fourth-order valence-electron chi connectivity index (χ4n) is 2.29. The Morgan fingerprint density at radius 3 is 2.00 bits per heavy atom. The van der Waals surface area contributed by atoms with Crippen LogP contribution in [-0.2, 0) is 6.54 Å². The minimum Gasteiger partial charge on any atom is -0.337 e. The summed E-state index contributed by atoms with van der Waals surface area (Å²) in [4.78, 5) is 3.03. The predicted octanol–water partition coefficient (Wildman–Crippen LogP) is 5.47. The fourth-order valence-corrected chi connectivity index (χ4v) is 2.51. The molecule has 1 aromatic rings. The van der Waals surface area contributed by atoms with E-state index in [1.54, 1.807) is 0 Å². The van der Waals surface area contributed by atoms with Gasteiger partial charge < -0.3 is 9.55 Å². The van der Waals surface area contributed by atoms with Crippen molar-refractivity contribution in [3.8, 4) is 0 Å². The average molecular weight is 268 g/mol. The van der Waals surface area contributed by atoms with E-state index in [-0.39, 0.29) is 0 Å². The maximum atomic E-state index is 5.16. The van der Waals surface area contributed by atoms with Crippen molar-refractivity contribution in [3.05, 3.63) is 17.2 Å². The second kappa shape index (κ2) is 10.4. The van der Waals surface area contributed by atoms with Gasteiger partial charge in [0, 0.05) is 18.9 Å². The number of aryl methyl sites for hydroxylation is 1. The standard InChI is InChI=1S/C15H28N2S/c1-2-3-4-5-6-7-8-9-10-11-13-17-14-12-16-15(17)18/h12,14H,2-11,13H2,1H3,(H,16,18). The van der Waals surface area contributed by atoms with E-state index in [4.69, 9.17) is 12.2 Å². The van der Waals surface area contributed by atoms with E-state index in [2.05, 4.69) is 16.5 Å². The van der Waals surface area contributed by atoms with Gasteiger partial charge in [0.2, 0.25) is 0 Å². The van der Waals surface area contributed by atoms with Gasteiger partial charge in [-0.1, -0.05) is 64.7 Å². The van der Waals surface area contributed by atoms with E-state index in [0.29, 0.717) is 0 Å². The minimum atomic E-state index is 0.853. The Labute approximate surface area is 117 Å². The van der Waals surface area contributed by atoms with Crippen LogP contribution in [0, 0.1) is 4.77 Å². The largest absolute Gasteiger partial charge is 0.337 e. The molecule has 0 spiro atoms. The third kappa shape index (κ3) is 7.00. The zero-order valence-electron chi connectivity index (χ0n) is 11.8. The Hall–Kier alpha value is -0.570. The SMILES string of the molecule is CCCCCCCCCCCCn1cc[nH]c1=S. The molecule has 1 heterocycles. The molecule has 0 unspecified atom stereocenters. The van der Waals surface area contributed by atoms with E-state index in [1.165, 1.54) is 64.2 Å². The van der Waals surface area contributed by atoms with Crippen LogP contribution in [0.25, 0.3) is 0 Å². The van der Waals surface area contributed by atoms with Crippen molar-refractivity contribution in [3.63, 3.8) is 0 Å². The van der Waals surface area contributed by atoms with Crippen molar-refractivity contribution in [2.24, 2.45) is 0 Å². The molecule has 1 aromatic heterocycles. The highest BCUT2D eigenvalue weighted by Gasteiger charge is 1.94. The first-order chi connectivity index (χ1) is 8.84. The molecule has 0 aliphatic heterocycles. The number of aromatic nitrogens is 2. The van der Waals surface area contributed by atoms with Crippen molar-refractivity contribution in [2.75, 3.05) is 0 Å². The van der Waals surface area contributed by atoms with Gasteiger partial charge >= 0.3 is 0 Å². The molecule has 0 radical (unpaired) electrons. The first kappa shape index (κ1) is 15.5.